The molecular weight excluding hydrogens is 292 g/mol. The first-order valence-corrected chi connectivity index (χ1v) is 7.63. The van der Waals surface area contributed by atoms with Gasteiger partial charge in [-0.25, -0.2) is 0 Å². The highest BCUT2D eigenvalue weighted by Crippen LogP contribution is 2.30. The third kappa shape index (κ3) is 3.27. The highest BCUT2D eigenvalue weighted by Gasteiger charge is 2.17. The van der Waals surface area contributed by atoms with Crippen LogP contribution in [0.4, 0.5) is 0 Å². The Kier molecular flexibility index (Phi) is 4.74. The molecule has 0 bridgehead atoms. The third-order valence-electron chi connectivity index (χ3n) is 3.49. The van der Waals surface area contributed by atoms with Crippen LogP contribution in [0.15, 0.2) is 63.8 Å². The van der Waals surface area contributed by atoms with Crippen molar-refractivity contribution < 1.29 is 13.9 Å². The normalized spacial score (nSPS) is 10.8. The Hall–Kier alpha value is -2.59. The van der Waals surface area contributed by atoms with Crippen molar-refractivity contribution in [1.29, 1.82) is 0 Å². The van der Waals surface area contributed by atoms with Gasteiger partial charge in [0.1, 0.15) is 17.8 Å². The van der Waals surface area contributed by atoms with E-state index in [0.29, 0.717) is 36.4 Å². The van der Waals surface area contributed by atoms with Crippen LogP contribution in [0.25, 0.3) is 22.1 Å². The Morgan fingerprint density at radius 1 is 0.957 bits per heavy atom. The van der Waals surface area contributed by atoms with Gasteiger partial charge in [0, 0.05) is 6.61 Å². The maximum Gasteiger partial charge on any atom is 0.297 e. The van der Waals surface area contributed by atoms with Crippen LogP contribution in [-0.2, 0) is 4.74 Å². The molecule has 1 heterocycles. The van der Waals surface area contributed by atoms with Crippen LogP contribution in [0.1, 0.15) is 6.92 Å². The van der Waals surface area contributed by atoms with Gasteiger partial charge in [-0.1, -0.05) is 42.5 Å². The Morgan fingerprint density at radius 3 is 2.48 bits per heavy atom. The van der Waals surface area contributed by atoms with Crippen LogP contribution < -0.4 is 10.2 Å². The fourth-order valence-corrected chi connectivity index (χ4v) is 2.41. The maximum atomic E-state index is 12.9. The van der Waals surface area contributed by atoms with Crippen molar-refractivity contribution in [2.75, 3.05) is 19.8 Å². The molecule has 0 radical (unpaired) electrons. The Labute approximate surface area is 134 Å². The molecule has 0 saturated heterocycles. The fourth-order valence-electron chi connectivity index (χ4n) is 2.41. The number of ether oxygens (including phenoxy) is 2. The lowest BCUT2D eigenvalue weighted by molar-refractivity contribution is 0.100. The number of rotatable bonds is 6. The zero-order valence-corrected chi connectivity index (χ0v) is 13.0. The average Bonchev–Trinajstić information content (AvgIpc) is 2.60. The summed E-state index contributed by atoms with van der Waals surface area (Å²) in [6, 6.07) is 16.6. The van der Waals surface area contributed by atoms with Crippen LogP contribution >= 0.6 is 0 Å². The second-order valence-corrected chi connectivity index (χ2v) is 5.00. The van der Waals surface area contributed by atoms with Crippen molar-refractivity contribution in [3.63, 3.8) is 0 Å². The summed E-state index contributed by atoms with van der Waals surface area (Å²) in [5.74, 6) is 0.236. The quantitative estimate of drug-likeness (QED) is 0.648. The van der Waals surface area contributed by atoms with Crippen molar-refractivity contribution in [1.82, 2.24) is 0 Å². The van der Waals surface area contributed by atoms with Gasteiger partial charge in [0.15, 0.2) is 0 Å². The predicted octanol–water partition coefficient (Wildman–Crippen LogP) is 3.88. The van der Waals surface area contributed by atoms with Crippen LogP contribution in [-0.4, -0.2) is 19.8 Å². The second-order valence-electron chi connectivity index (χ2n) is 5.00. The molecule has 3 aromatic rings. The van der Waals surface area contributed by atoms with Crippen LogP contribution in [0.3, 0.4) is 0 Å². The molecule has 1 aromatic heterocycles. The summed E-state index contributed by atoms with van der Waals surface area (Å²) in [4.78, 5) is 12.9. The standard InChI is InChI=1S/C19H18O4/c1-2-21-12-13-22-19-17(14-8-4-3-5-9-14)18(20)15-10-6-7-11-16(15)23-19/h3-11H,2,12-13H2,1H3. The summed E-state index contributed by atoms with van der Waals surface area (Å²) >= 11 is 0. The van der Waals surface area contributed by atoms with E-state index >= 15 is 0 Å². The molecule has 118 valence electrons. The second kappa shape index (κ2) is 7.11. The molecule has 0 aliphatic rings. The number of para-hydroxylation sites is 1. The first-order valence-electron chi connectivity index (χ1n) is 7.63. The van der Waals surface area contributed by atoms with E-state index in [1.807, 2.05) is 49.4 Å². The summed E-state index contributed by atoms with van der Waals surface area (Å²) in [6.45, 7) is 3.32. The van der Waals surface area contributed by atoms with Gasteiger partial charge >= 0.3 is 0 Å². The van der Waals surface area contributed by atoms with Gasteiger partial charge in [-0.2, -0.15) is 0 Å². The van der Waals surface area contributed by atoms with Crippen molar-refractivity contribution in [2.24, 2.45) is 0 Å². The number of benzene rings is 2. The van der Waals surface area contributed by atoms with Gasteiger partial charge in [0.05, 0.1) is 12.0 Å². The Bertz CT molecular complexity index is 837. The molecule has 23 heavy (non-hydrogen) atoms. The minimum absolute atomic E-state index is 0.0931. The minimum atomic E-state index is -0.0931. The zero-order chi connectivity index (χ0) is 16.1. The average molecular weight is 310 g/mol. The van der Waals surface area contributed by atoms with E-state index in [2.05, 4.69) is 0 Å². The summed E-state index contributed by atoms with van der Waals surface area (Å²) in [5.41, 5.74) is 1.65. The molecular formula is C19H18O4. The van der Waals surface area contributed by atoms with E-state index in [1.54, 1.807) is 12.1 Å². The van der Waals surface area contributed by atoms with Gasteiger partial charge in [-0.15, -0.1) is 0 Å². The highest BCUT2D eigenvalue weighted by atomic mass is 16.6. The van der Waals surface area contributed by atoms with Gasteiger partial charge in [0.25, 0.3) is 5.95 Å². The molecule has 0 saturated carbocycles. The van der Waals surface area contributed by atoms with E-state index in [0.717, 1.165) is 5.56 Å². The summed E-state index contributed by atoms with van der Waals surface area (Å²) < 4.78 is 16.8. The first-order chi connectivity index (χ1) is 11.3. The molecule has 0 unspecified atom stereocenters. The largest absolute Gasteiger partial charge is 0.462 e. The Balaban J connectivity index is 2.10. The molecule has 3 rings (SSSR count). The molecule has 2 aromatic carbocycles. The monoisotopic (exact) mass is 310 g/mol. The topological polar surface area (TPSA) is 48.7 Å². The molecule has 0 atom stereocenters. The van der Waals surface area contributed by atoms with Crippen molar-refractivity contribution in [3.05, 3.63) is 64.8 Å². The summed E-state index contributed by atoms with van der Waals surface area (Å²) in [5, 5.41) is 0.545. The van der Waals surface area contributed by atoms with Gasteiger partial charge in [0.2, 0.25) is 5.43 Å². The fraction of sp³-hybridized carbons (Fsp3) is 0.211. The van der Waals surface area contributed by atoms with Crippen molar-refractivity contribution >= 4 is 11.0 Å². The maximum absolute atomic E-state index is 12.9. The number of fused-ring (bicyclic) bond motifs is 1. The van der Waals surface area contributed by atoms with Crippen LogP contribution in [0.5, 0.6) is 5.95 Å². The molecule has 4 nitrogen and oxygen atoms in total. The van der Waals surface area contributed by atoms with Gasteiger partial charge in [-0.05, 0) is 24.6 Å². The van der Waals surface area contributed by atoms with Crippen molar-refractivity contribution in [3.8, 4) is 17.1 Å². The lowest BCUT2D eigenvalue weighted by Gasteiger charge is -2.11. The molecule has 0 aliphatic carbocycles. The number of hydrogen-bond acceptors (Lipinski definition) is 4. The molecule has 4 heteroatoms. The van der Waals surface area contributed by atoms with E-state index in [9.17, 15) is 4.79 Å². The third-order valence-corrected chi connectivity index (χ3v) is 3.49. The van der Waals surface area contributed by atoms with E-state index in [4.69, 9.17) is 13.9 Å². The van der Waals surface area contributed by atoms with Gasteiger partial charge in [-0.3, -0.25) is 4.79 Å². The van der Waals surface area contributed by atoms with Crippen LogP contribution in [0.2, 0.25) is 0 Å². The zero-order valence-electron chi connectivity index (χ0n) is 13.0. The van der Waals surface area contributed by atoms with E-state index in [1.165, 1.54) is 0 Å². The molecule has 0 N–H and O–H groups in total. The van der Waals surface area contributed by atoms with Crippen LogP contribution in [0, 0.1) is 0 Å². The molecule has 0 amide bonds. The summed E-state index contributed by atoms with van der Waals surface area (Å²) in [7, 11) is 0. The predicted molar refractivity (Wildman–Crippen MR) is 89.9 cm³/mol. The highest BCUT2D eigenvalue weighted by molar-refractivity contribution is 5.83. The SMILES string of the molecule is CCOCCOc1oc2ccccc2c(=O)c1-c1ccccc1. The van der Waals surface area contributed by atoms with E-state index in [-0.39, 0.29) is 11.4 Å². The molecule has 0 aliphatic heterocycles. The molecule has 0 fully saturated rings. The minimum Gasteiger partial charge on any atom is -0.462 e. The number of hydrogen-bond donors (Lipinski definition) is 0. The van der Waals surface area contributed by atoms with Crippen molar-refractivity contribution in [2.45, 2.75) is 6.92 Å². The first kappa shape index (κ1) is 15.3. The van der Waals surface area contributed by atoms with E-state index < -0.39 is 0 Å². The van der Waals surface area contributed by atoms with Gasteiger partial charge < -0.3 is 13.9 Å². The Morgan fingerprint density at radius 2 is 1.70 bits per heavy atom. The summed E-state index contributed by atoms with van der Waals surface area (Å²) in [6.07, 6.45) is 0. The lowest BCUT2D eigenvalue weighted by atomic mass is 10.1. The lowest BCUT2D eigenvalue weighted by Crippen LogP contribution is -2.12. The smallest absolute Gasteiger partial charge is 0.297 e. The molecule has 0 spiro atoms.